The maximum absolute atomic E-state index is 13.5. The lowest BCUT2D eigenvalue weighted by Gasteiger charge is -2.28. The summed E-state index contributed by atoms with van der Waals surface area (Å²) in [6, 6.07) is 3.62. The SMILES string of the molecule is CCC(C)(NC(=O)Cc1cccc(F)c1F)/C(N)=N/O. The number of benzene rings is 1. The van der Waals surface area contributed by atoms with Crippen LogP contribution in [0.15, 0.2) is 23.4 Å². The predicted octanol–water partition coefficient (Wildman–Crippen LogP) is 1.54. The molecule has 1 aromatic rings. The fourth-order valence-corrected chi connectivity index (χ4v) is 1.65. The largest absolute Gasteiger partial charge is 0.409 e. The maximum Gasteiger partial charge on any atom is 0.225 e. The minimum Gasteiger partial charge on any atom is -0.409 e. The molecule has 1 amide bonds. The van der Waals surface area contributed by atoms with Crippen LogP contribution in [0.3, 0.4) is 0 Å². The summed E-state index contributed by atoms with van der Waals surface area (Å²) in [6.07, 6.45) is 0.0398. The summed E-state index contributed by atoms with van der Waals surface area (Å²) in [6.45, 7) is 3.31. The fraction of sp³-hybridized carbons (Fsp3) is 0.385. The Bertz CT molecular complexity index is 534. The second kappa shape index (κ2) is 6.31. The summed E-state index contributed by atoms with van der Waals surface area (Å²) in [7, 11) is 0. The van der Waals surface area contributed by atoms with Gasteiger partial charge in [-0.3, -0.25) is 4.79 Å². The van der Waals surface area contributed by atoms with Gasteiger partial charge in [0.05, 0.1) is 12.0 Å². The number of nitrogens with zero attached hydrogens (tertiary/aromatic N) is 1. The van der Waals surface area contributed by atoms with Crippen LogP contribution in [0.1, 0.15) is 25.8 Å². The molecular formula is C13H17F2N3O2. The van der Waals surface area contributed by atoms with Gasteiger partial charge in [-0.25, -0.2) is 8.78 Å². The van der Waals surface area contributed by atoms with Gasteiger partial charge < -0.3 is 16.3 Å². The lowest BCUT2D eigenvalue weighted by Crippen LogP contribution is -2.55. The number of halogens is 2. The van der Waals surface area contributed by atoms with Gasteiger partial charge in [0.2, 0.25) is 5.91 Å². The molecule has 0 fully saturated rings. The van der Waals surface area contributed by atoms with E-state index in [2.05, 4.69) is 10.5 Å². The van der Waals surface area contributed by atoms with Crippen molar-refractivity contribution in [3.8, 4) is 0 Å². The monoisotopic (exact) mass is 285 g/mol. The van der Waals surface area contributed by atoms with Crippen LogP contribution in [0.5, 0.6) is 0 Å². The zero-order valence-electron chi connectivity index (χ0n) is 11.3. The molecule has 20 heavy (non-hydrogen) atoms. The van der Waals surface area contributed by atoms with Gasteiger partial charge in [0.15, 0.2) is 17.5 Å². The van der Waals surface area contributed by atoms with Crippen LogP contribution in [0, 0.1) is 11.6 Å². The molecule has 0 aliphatic carbocycles. The van der Waals surface area contributed by atoms with Crippen molar-refractivity contribution in [2.75, 3.05) is 0 Å². The van der Waals surface area contributed by atoms with Gasteiger partial charge in [0.25, 0.3) is 0 Å². The summed E-state index contributed by atoms with van der Waals surface area (Å²) in [4.78, 5) is 11.9. The molecule has 0 heterocycles. The third-order valence-electron chi connectivity index (χ3n) is 3.18. The molecule has 1 aromatic carbocycles. The number of carbonyl (C=O) groups is 1. The molecule has 0 bridgehead atoms. The number of carbonyl (C=O) groups excluding carboxylic acids is 1. The summed E-state index contributed by atoms with van der Waals surface area (Å²) >= 11 is 0. The van der Waals surface area contributed by atoms with E-state index in [9.17, 15) is 13.6 Å². The van der Waals surface area contributed by atoms with E-state index in [4.69, 9.17) is 10.9 Å². The fourth-order valence-electron chi connectivity index (χ4n) is 1.65. The van der Waals surface area contributed by atoms with Gasteiger partial charge >= 0.3 is 0 Å². The second-order valence-corrected chi connectivity index (χ2v) is 4.61. The average molecular weight is 285 g/mol. The van der Waals surface area contributed by atoms with E-state index < -0.39 is 23.1 Å². The predicted molar refractivity (Wildman–Crippen MR) is 70.3 cm³/mol. The van der Waals surface area contributed by atoms with Crippen molar-refractivity contribution >= 4 is 11.7 Å². The Labute approximate surface area is 115 Å². The second-order valence-electron chi connectivity index (χ2n) is 4.61. The van der Waals surface area contributed by atoms with Crippen molar-refractivity contribution < 1.29 is 18.8 Å². The lowest BCUT2D eigenvalue weighted by molar-refractivity contribution is -0.121. The van der Waals surface area contributed by atoms with E-state index in [1.54, 1.807) is 13.8 Å². The van der Waals surface area contributed by atoms with E-state index in [0.29, 0.717) is 6.42 Å². The van der Waals surface area contributed by atoms with Gasteiger partial charge in [0, 0.05) is 5.56 Å². The van der Waals surface area contributed by atoms with Crippen molar-refractivity contribution in [1.82, 2.24) is 5.32 Å². The lowest BCUT2D eigenvalue weighted by atomic mass is 9.97. The average Bonchev–Trinajstić information content (AvgIpc) is 2.42. The highest BCUT2D eigenvalue weighted by molar-refractivity contribution is 5.93. The molecule has 5 nitrogen and oxygen atoms in total. The van der Waals surface area contributed by atoms with Crippen LogP contribution in [0.4, 0.5) is 8.78 Å². The summed E-state index contributed by atoms with van der Waals surface area (Å²) in [5.41, 5.74) is 4.41. The highest BCUT2D eigenvalue weighted by atomic mass is 19.2. The molecule has 0 saturated carbocycles. The van der Waals surface area contributed by atoms with E-state index >= 15 is 0 Å². The molecule has 7 heteroatoms. The van der Waals surface area contributed by atoms with Crippen LogP contribution in [-0.2, 0) is 11.2 Å². The quantitative estimate of drug-likeness (QED) is 0.332. The number of rotatable bonds is 5. The molecule has 110 valence electrons. The molecule has 4 N–H and O–H groups in total. The smallest absolute Gasteiger partial charge is 0.225 e. The molecule has 0 aliphatic heterocycles. The Kier molecular flexibility index (Phi) is 5.01. The zero-order valence-corrected chi connectivity index (χ0v) is 11.3. The minimum absolute atomic E-state index is 0.0551. The summed E-state index contributed by atoms with van der Waals surface area (Å²) in [5, 5.41) is 14.1. The standard InChI is InChI=1S/C13H17F2N3O2/c1-3-13(2,12(16)18-20)17-10(19)7-8-5-4-6-9(14)11(8)15/h4-6,20H,3,7H2,1-2H3,(H2,16,18)(H,17,19). The van der Waals surface area contributed by atoms with E-state index in [1.165, 1.54) is 12.1 Å². The van der Waals surface area contributed by atoms with Crippen LogP contribution in [0.2, 0.25) is 0 Å². The molecule has 0 aliphatic rings. The Morgan fingerprint density at radius 1 is 1.50 bits per heavy atom. The Hall–Kier alpha value is -2.18. The van der Waals surface area contributed by atoms with Crippen LogP contribution < -0.4 is 11.1 Å². The van der Waals surface area contributed by atoms with Gasteiger partial charge in [-0.05, 0) is 19.4 Å². The number of hydrogen-bond donors (Lipinski definition) is 3. The van der Waals surface area contributed by atoms with Crippen LogP contribution in [-0.4, -0.2) is 22.5 Å². The molecule has 0 saturated heterocycles. The number of nitrogens with two attached hydrogens (primary N) is 1. The van der Waals surface area contributed by atoms with Crippen molar-refractivity contribution in [2.45, 2.75) is 32.2 Å². The number of nitrogens with one attached hydrogen (secondary N) is 1. The van der Waals surface area contributed by atoms with Crippen molar-refractivity contribution in [3.63, 3.8) is 0 Å². The molecule has 0 aromatic heterocycles. The number of hydrogen-bond acceptors (Lipinski definition) is 3. The first kappa shape index (κ1) is 15.9. The highest BCUT2D eigenvalue weighted by Crippen LogP contribution is 2.14. The molecule has 1 atom stereocenters. The van der Waals surface area contributed by atoms with Gasteiger partial charge in [-0.1, -0.05) is 24.2 Å². The molecular weight excluding hydrogens is 268 g/mol. The van der Waals surface area contributed by atoms with Crippen molar-refractivity contribution in [2.24, 2.45) is 10.9 Å². The van der Waals surface area contributed by atoms with E-state index in [1.807, 2.05) is 0 Å². The van der Waals surface area contributed by atoms with Crippen molar-refractivity contribution in [1.29, 1.82) is 0 Å². The highest BCUT2D eigenvalue weighted by Gasteiger charge is 2.29. The third-order valence-corrected chi connectivity index (χ3v) is 3.18. The maximum atomic E-state index is 13.5. The van der Waals surface area contributed by atoms with Gasteiger partial charge in [0.1, 0.15) is 0 Å². The van der Waals surface area contributed by atoms with Gasteiger partial charge in [-0.15, -0.1) is 0 Å². The molecule has 0 spiro atoms. The van der Waals surface area contributed by atoms with Crippen LogP contribution in [0.25, 0.3) is 0 Å². The number of amidine groups is 1. The summed E-state index contributed by atoms with van der Waals surface area (Å²) < 4.78 is 26.5. The molecule has 1 rings (SSSR count). The molecule has 0 radical (unpaired) electrons. The first-order valence-corrected chi connectivity index (χ1v) is 6.06. The van der Waals surface area contributed by atoms with E-state index in [0.717, 1.165) is 6.07 Å². The summed E-state index contributed by atoms with van der Waals surface area (Å²) in [5.74, 6) is -2.77. The van der Waals surface area contributed by atoms with Gasteiger partial charge in [-0.2, -0.15) is 0 Å². The Morgan fingerprint density at radius 3 is 2.70 bits per heavy atom. The van der Waals surface area contributed by atoms with E-state index in [-0.39, 0.29) is 17.8 Å². The first-order valence-electron chi connectivity index (χ1n) is 6.06. The Morgan fingerprint density at radius 2 is 2.15 bits per heavy atom. The van der Waals surface area contributed by atoms with Crippen molar-refractivity contribution in [3.05, 3.63) is 35.4 Å². The Balaban J connectivity index is 2.85. The first-order chi connectivity index (χ1) is 9.34. The minimum atomic E-state index is -1.05. The number of oxime groups is 1. The molecule has 1 unspecified atom stereocenters. The van der Waals surface area contributed by atoms with Crippen LogP contribution >= 0.6 is 0 Å². The zero-order chi connectivity index (χ0) is 15.3. The number of amides is 1. The third kappa shape index (κ3) is 3.43. The normalized spacial score (nSPS) is 14.7. The topological polar surface area (TPSA) is 87.7 Å².